The van der Waals surface area contributed by atoms with Gasteiger partial charge in [0, 0.05) is 32.8 Å². The standard InChI is InChI=1S/C30H36ClF3N6O5/c1-17(2)9-22-27(42)36-13-20-14-40(26-21(31)11-19(12-35-26)30(32,33)34)15-24(45-20)28(43)38-23(10-18-7-5-4-6-8-18)29(44)39(3)16-25(41)37-22/h4-8,11-12,17,20,22-24H,9-10,13-16H2,1-3H3,(H,36,42)(H,37,41)(H,38,43)/t20-,22+,23-,24-/m1/s1. The number of anilines is 1. The van der Waals surface area contributed by atoms with Gasteiger partial charge in [-0.3, -0.25) is 19.2 Å². The highest BCUT2D eigenvalue weighted by molar-refractivity contribution is 6.33. The Morgan fingerprint density at radius 3 is 2.40 bits per heavy atom. The Bertz CT molecular complexity index is 1400. The summed E-state index contributed by atoms with van der Waals surface area (Å²) in [6.45, 7) is 3.22. The highest BCUT2D eigenvalue weighted by Gasteiger charge is 2.38. The molecule has 2 aliphatic rings. The minimum atomic E-state index is -4.66. The van der Waals surface area contributed by atoms with Crippen LogP contribution in [0.4, 0.5) is 19.0 Å². The summed E-state index contributed by atoms with van der Waals surface area (Å²) in [4.78, 5) is 60.0. The molecule has 11 nitrogen and oxygen atoms in total. The third kappa shape index (κ3) is 9.07. The predicted molar refractivity (Wildman–Crippen MR) is 159 cm³/mol. The summed E-state index contributed by atoms with van der Waals surface area (Å²) >= 11 is 6.25. The summed E-state index contributed by atoms with van der Waals surface area (Å²) in [7, 11) is 1.43. The van der Waals surface area contributed by atoms with Crippen LogP contribution in [0.1, 0.15) is 31.4 Å². The van der Waals surface area contributed by atoms with E-state index in [2.05, 4.69) is 20.9 Å². The van der Waals surface area contributed by atoms with Gasteiger partial charge in [0.25, 0.3) is 5.91 Å². The molecule has 2 fully saturated rings. The number of carbonyl (C=O) groups excluding carboxylic acids is 4. The quantitative estimate of drug-likeness (QED) is 0.451. The predicted octanol–water partition coefficient (Wildman–Crippen LogP) is 2.17. The number of nitrogens with one attached hydrogen (secondary N) is 3. The molecule has 2 aliphatic heterocycles. The molecule has 2 saturated heterocycles. The van der Waals surface area contributed by atoms with Gasteiger partial charge in [-0.25, -0.2) is 4.98 Å². The van der Waals surface area contributed by atoms with Crippen LogP contribution in [0, 0.1) is 5.92 Å². The molecule has 244 valence electrons. The van der Waals surface area contributed by atoms with E-state index in [4.69, 9.17) is 16.3 Å². The number of pyridine rings is 1. The first kappa shape index (κ1) is 34.0. The van der Waals surface area contributed by atoms with Crippen molar-refractivity contribution < 1.29 is 37.1 Å². The van der Waals surface area contributed by atoms with Crippen molar-refractivity contribution in [1.29, 1.82) is 0 Å². The highest BCUT2D eigenvalue weighted by atomic mass is 35.5. The van der Waals surface area contributed by atoms with Crippen LogP contribution in [0.5, 0.6) is 0 Å². The minimum Gasteiger partial charge on any atom is -0.360 e. The zero-order chi connectivity index (χ0) is 32.9. The summed E-state index contributed by atoms with van der Waals surface area (Å²) in [6.07, 6.45) is -5.62. The highest BCUT2D eigenvalue weighted by Crippen LogP contribution is 2.34. The summed E-state index contributed by atoms with van der Waals surface area (Å²) in [5.74, 6) is -2.21. The molecule has 15 heteroatoms. The van der Waals surface area contributed by atoms with Gasteiger partial charge in [-0.15, -0.1) is 0 Å². The van der Waals surface area contributed by atoms with Crippen LogP contribution in [-0.2, 0) is 36.5 Å². The third-order valence-electron chi connectivity index (χ3n) is 7.43. The number of likely N-dealkylation sites (N-methyl/N-ethyl adjacent to an activating group) is 1. The van der Waals surface area contributed by atoms with Crippen molar-refractivity contribution in [2.45, 2.75) is 57.2 Å². The molecule has 1 aromatic carbocycles. The fourth-order valence-electron chi connectivity index (χ4n) is 5.24. The van der Waals surface area contributed by atoms with Crippen molar-refractivity contribution in [3.8, 4) is 0 Å². The van der Waals surface area contributed by atoms with Crippen LogP contribution in [0.25, 0.3) is 0 Å². The molecule has 3 N–H and O–H groups in total. The maximum atomic E-state index is 13.7. The van der Waals surface area contributed by atoms with Gasteiger partial charge < -0.3 is 30.5 Å². The fourth-order valence-corrected chi connectivity index (χ4v) is 5.53. The first-order valence-electron chi connectivity index (χ1n) is 14.5. The maximum absolute atomic E-state index is 13.7. The first-order valence-corrected chi connectivity index (χ1v) is 14.9. The van der Waals surface area contributed by atoms with Gasteiger partial charge in [-0.2, -0.15) is 13.2 Å². The summed E-state index contributed by atoms with van der Waals surface area (Å²) in [6, 6.07) is 7.74. The number of carbonyl (C=O) groups is 4. The van der Waals surface area contributed by atoms with Crippen LogP contribution in [-0.4, -0.2) is 91.0 Å². The molecule has 2 aromatic rings. The van der Waals surface area contributed by atoms with E-state index in [9.17, 15) is 32.3 Å². The number of nitrogens with zero attached hydrogens (tertiary/aromatic N) is 3. The number of halogens is 4. The molecule has 0 aliphatic carbocycles. The maximum Gasteiger partial charge on any atom is 0.417 e. The summed E-state index contributed by atoms with van der Waals surface area (Å²) < 4.78 is 45.9. The van der Waals surface area contributed by atoms with E-state index in [-0.39, 0.29) is 49.4 Å². The van der Waals surface area contributed by atoms with E-state index in [1.807, 2.05) is 19.9 Å². The Labute approximate surface area is 263 Å². The molecule has 0 unspecified atom stereocenters. The van der Waals surface area contributed by atoms with E-state index in [1.165, 1.54) is 16.8 Å². The normalized spacial score (nSPS) is 24.0. The SMILES string of the molecule is CC(C)C[C@@H]1NC(=O)CN(C)C(=O)[C@@H](Cc2ccccc2)NC(=O)[C@H]2CN(c3ncc(C(F)(F)F)cc3Cl)C[C@@H](CNC1=O)O2. The zero-order valence-corrected chi connectivity index (χ0v) is 25.8. The van der Waals surface area contributed by atoms with Gasteiger partial charge in [0.05, 0.1) is 29.8 Å². The Hall–Kier alpha value is -3.91. The van der Waals surface area contributed by atoms with E-state index >= 15 is 0 Å². The number of amides is 4. The van der Waals surface area contributed by atoms with Crippen molar-refractivity contribution in [2.75, 3.05) is 38.1 Å². The summed E-state index contributed by atoms with van der Waals surface area (Å²) in [5, 5.41) is 7.92. The molecule has 2 bridgehead atoms. The molecule has 4 amide bonds. The van der Waals surface area contributed by atoms with Gasteiger partial charge in [-0.05, 0) is 24.0 Å². The Morgan fingerprint density at radius 1 is 1.04 bits per heavy atom. The molecule has 1 aromatic heterocycles. The zero-order valence-electron chi connectivity index (χ0n) is 25.1. The van der Waals surface area contributed by atoms with Gasteiger partial charge in [0.1, 0.15) is 17.9 Å². The lowest BCUT2D eigenvalue weighted by molar-refractivity contribution is -0.143. The molecule has 4 atom stereocenters. The van der Waals surface area contributed by atoms with Crippen LogP contribution in [0.2, 0.25) is 5.02 Å². The second kappa shape index (κ2) is 14.5. The third-order valence-corrected chi connectivity index (χ3v) is 7.70. The van der Waals surface area contributed by atoms with Gasteiger partial charge in [0.15, 0.2) is 6.10 Å². The largest absolute Gasteiger partial charge is 0.417 e. The Balaban J connectivity index is 1.68. The number of fused-ring (bicyclic) bond motifs is 2. The average molecular weight is 653 g/mol. The second-order valence-corrected chi connectivity index (χ2v) is 12.0. The van der Waals surface area contributed by atoms with Crippen LogP contribution in [0.15, 0.2) is 42.6 Å². The number of benzene rings is 1. The first-order chi connectivity index (χ1) is 21.2. The Morgan fingerprint density at radius 2 is 1.76 bits per heavy atom. The number of ether oxygens (including phenoxy) is 1. The van der Waals surface area contributed by atoms with Crippen molar-refractivity contribution in [3.63, 3.8) is 0 Å². The van der Waals surface area contributed by atoms with E-state index < -0.39 is 59.7 Å². The molecular weight excluding hydrogens is 617 g/mol. The monoisotopic (exact) mass is 652 g/mol. The number of alkyl halides is 3. The van der Waals surface area contributed by atoms with Crippen LogP contribution >= 0.6 is 11.6 Å². The second-order valence-electron chi connectivity index (χ2n) is 11.6. The van der Waals surface area contributed by atoms with Crippen molar-refractivity contribution in [1.82, 2.24) is 25.8 Å². The lowest BCUT2D eigenvalue weighted by Crippen LogP contribution is -2.59. The molecule has 45 heavy (non-hydrogen) atoms. The lowest BCUT2D eigenvalue weighted by Gasteiger charge is -2.39. The molecule has 0 radical (unpaired) electrons. The number of aromatic nitrogens is 1. The number of hydrogen-bond acceptors (Lipinski definition) is 7. The Kier molecular flexibility index (Phi) is 10.9. The van der Waals surface area contributed by atoms with Crippen molar-refractivity contribution in [2.24, 2.45) is 5.92 Å². The van der Waals surface area contributed by atoms with E-state index in [1.54, 1.807) is 24.3 Å². The minimum absolute atomic E-state index is 0.00148. The van der Waals surface area contributed by atoms with Gasteiger partial charge in [-0.1, -0.05) is 55.8 Å². The number of hydrogen-bond donors (Lipinski definition) is 3. The number of morpholine rings is 1. The molecule has 0 spiro atoms. The van der Waals surface area contributed by atoms with Gasteiger partial charge >= 0.3 is 6.18 Å². The van der Waals surface area contributed by atoms with Crippen molar-refractivity contribution in [3.05, 3.63) is 58.7 Å². The number of rotatable bonds is 5. The van der Waals surface area contributed by atoms with Crippen LogP contribution < -0.4 is 20.9 Å². The van der Waals surface area contributed by atoms with Crippen LogP contribution in [0.3, 0.4) is 0 Å². The molecule has 4 rings (SSSR count). The topological polar surface area (TPSA) is 133 Å². The lowest BCUT2D eigenvalue weighted by atomic mass is 10.0. The van der Waals surface area contributed by atoms with E-state index in [0.717, 1.165) is 11.6 Å². The molecule has 0 saturated carbocycles. The molecular formula is C30H36ClF3N6O5. The van der Waals surface area contributed by atoms with E-state index in [0.29, 0.717) is 12.6 Å². The average Bonchev–Trinajstić information content (AvgIpc) is 2.98. The smallest absolute Gasteiger partial charge is 0.360 e. The molecule has 3 heterocycles. The fraction of sp³-hybridized carbons (Fsp3) is 0.500. The summed E-state index contributed by atoms with van der Waals surface area (Å²) in [5.41, 5.74) is -0.277. The van der Waals surface area contributed by atoms with Crippen molar-refractivity contribution >= 4 is 41.0 Å². The van der Waals surface area contributed by atoms with Gasteiger partial charge in [0.2, 0.25) is 17.7 Å².